The summed E-state index contributed by atoms with van der Waals surface area (Å²) in [6.07, 6.45) is 6.45. The van der Waals surface area contributed by atoms with Gasteiger partial charge in [-0.05, 0) is 62.7 Å². The van der Waals surface area contributed by atoms with Gasteiger partial charge in [0, 0.05) is 11.8 Å². The number of nitrogens with one attached hydrogen (secondary N) is 1. The molecule has 0 spiro atoms. The van der Waals surface area contributed by atoms with Crippen LogP contribution in [0.3, 0.4) is 0 Å². The number of quaternary nitrogens is 1. The zero-order chi connectivity index (χ0) is 23.0. The fourth-order valence-electron chi connectivity index (χ4n) is 9.38. The van der Waals surface area contributed by atoms with Crippen LogP contribution in [0, 0.1) is 46.8 Å². The van der Waals surface area contributed by atoms with E-state index < -0.39 is 17.9 Å². The molecule has 0 aromatic heterocycles. The quantitative estimate of drug-likeness (QED) is 0.440. The second-order valence-electron chi connectivity index (χ2n) is 12.4. The van der Waals surface area contributed by atoms with Gasteiger partial charge in [0.2, 0.25) is 0 Å². The van der Waals surface area contributed by atoms with E-state index >= 15 is 0 Å². The van der Waals surface area contributed by atoms with Gasteiger partial charge in [-0.15, -0.1) is 0 Å². The van der Waals surface area contributed by atoms with Crippen LogP contribution in [0.1, 0.15) is 44.9 Å². The number of ether oxygens (including phenoxy) is 4. The first-order valence-corrected chi connectivity index (χ1v) is 13.5. The van der Waals surface area contributed by atoms with Gasteiger partial charge in [0.05, 0.1) is 30.5 Å². The molecule has 6 unspecified atom stereocenters. The molecule has 8 aliphatic rings. The summed E-state index contributed by atoms with van der Waals surface area (Å²) in [6, 6.07) is 0. The maximum Gasteiger partial charge on any atom is 0.312 e. The van der Waals surface area contributed by atoms with Crippen molar-refractivity contribution in [3.8, 4) is 0 Å². The van der Waals surface area contributed by atoms with Gasteiger partial charge in [-0.25, -0.2) is 0 Å². The van der Waals surface area contributed by atoms with Crippen molar-refractivity contribution in [2.75, 3.05) is 39.5 Å². The Morgan fingerprint density at radius 3 is 2.32 bits per heavy atom. The number of hydrogen-bond donors (Lipinski definition) is 1. The van der Waals surface area contributed by atoms with E-state index in [-0.39, 0.29) is 41.3 Å². The molecule has 0 aromatic carbocycles. The Hall–Kier alpha value is -1.67. The Labute approximate surface area is 200 Å². The third-order valence-corrected chi connectivity index (χ3v) is 10.4. The van der Waals surface area contributed by atoms with Crippen LogP contribution in [0.2, 0.25) is 0 Å². The molecule has 6 saturated carbocycles. The third-order valence-electron chi connectivity index (χ3n) is 10.4. The van der Waals surface area contributed by atoms with Gasteiger partial charge >= 0.3 is 17.9 Å². The first-order valence-electron chi connectivity index (χ1n) is 13.5. The molecular formula is C26H36NO7+. The molecular weight excluding hydrogens is 438 g/mol. The molecule has 6 atom stereocenters. The van der Waals surface area contributed by atoms with Gasteiger partial charge in [0.25, 0.3) is 0 Å². The number of morpholine rings is 1. The minimum Gasteiger partial charge on any atom is -0.459 e. The van der Waals surface area contributed by atoms with E-state index in [0.717, 1.165) is 52.1 Å². The van der Waals surface area contributed by atoms with E-state index in [1.54, 1.807) is 0 Å². The average Bonchev–Trinajstić information content (AvgIpc) is 3.43. The van der Waals surface area contributed by atoms with Crippen LogP contribution in [0.4, 0.5) is 0 Å². The number of rotatable bonds is 6. The lowest BCUT2D eigenvalue weighted by atomic mass is 9.49. The van der Waals surface area contributed by atoms with Gasteiger partial charge in [0.1, 0.15) is 38.4 Å². The molecule has 1 N–H and O–H groups in total. The predicted octanol–water partition coefficient (Wildman–Crippen LogP) is 0.380. The zero-order valence-electron chi connectivity index (χ0n) is 19.7. The van der Waals surface area contributed by atoms with Crippen LogP contribution in [0.5, 0.6) is 0 Å². The molecule has 8 nitrogen and oxygen atoms in total. The van der Waals surface area contributed by atoms with Gasteiger partial charge in [0.15, 0.2) is 0 Å². The van der Waals surface area contributed by atoms with Crippen LogP contribution < -0.4 is 4.90 Å². The summed E-state index contributed by atoms with van der Waals surface area (Å²) in [5, 5.41) is 0. The number of hydrogen-bond acceptors (Lipinski definition) is 7. The van der Waals surface area contributed by atoms with Crippen molar-refractivity contribution in [3.63, 3.8) is 0 Å². The summed E-state index contributed by atoms with van der Waals surface area (Å²) < 4.78 is 23.0. The van der Waals surface area contributed by atoms with Crippen molar-refractivity contribution >= 4 is 17.9 Å². The van der Waals surface area contributed by atoms with Crippen molar-refractivity contribution < 1.29 is 38.2 Å². The van der Waals surface area contributed by atoms with E-state index in [1.165, 1.54) is 24.2 Å². The summed E-state index contributed by atoms with van der Waals surface area (Å²) in [4.78, 5) is 40.8. The second kappa shape index (κ2) is 7.92. The van der Waals surface area contributed by atoms with Crippen LogP contribution in [0.25, 0.3) is 0 Å². The molecule has 2 aliphatic heterocycles. The van der Waals surface area contributed by atoms with E-state index in [0.29, 0.717) is 30.8 Å². The van der Waals surface area contributed by atoms with Crippen LogP contribution in [-0.4, -0.2) is 69.6 Å². The molecule has 0 amide bonds. The number of esters is 3. The lowest BCUT2D eigenvalue weighted by molar-refractivity contribution is -0.908. The zero-order valence-corrected chi connectivity index (χ0v) is 19.7. The Morgan fingerprint density at radius 2 is 1.65 bits per heavy atom. The molecule has 0 aromatic rings. The topological polar surface area (TPSA) is 92.6 Å². The van der Waals surface area contributed by atoms with Gasteiger partial charge in [-0.1, -0.05) is 0 Å². The van der Waals surface area contributed by atoms with E-state index in [2.05, 4.69) is 0 Å². The summed E-state index contributed by atoms with van der Waals surface area (Å²) in [7, 11) is 0. The molecule has 8 heteroatoms. The highest BCUT2D eigenvalue weighted by atomic mass is 16.6. The molecule has 2 heterocycles. The van der Waals surface area contributed by atoms with Crippen molar-refractivity contribution in [1.29, 1.82) is 0 Å². The molecule has 6 aliphatic carbocycles. The van der Waals surface area contributed by atoms with Gasteiger partial charge < -0.3 is 23.8 Å². The molecule has 186 valence electrons. The number of carbonyl (C=O) groups excluding carboxylic acids is 3. The summed E-state index contributed by atoms with van der Waals surface area (Å²) in [5.41, 5.74) is -0.352. The fraction of sp³-hybridized carbons (Fsp3) is 0.885. The van der Waals surface area contributed by atoms with E-state index in [1.807, 2.05) is 0 Å². The van der Waals surface area contributed by atoms with Crippen LogP contribution in [0.15, 0.2) is 0 Å². The molecule has 34 heavy (non-hydrogen) atoms. The van der Waals surface area contributed by atoms with Gasteiger partial charge in [-0.2, -0.15) is 0 Å². The maximum absolute atomic E-state index is 13.6. The minimum atomic E-state index is -0.551. The lowest BCUT2D eigenvalue weighted by Crippen LogP contribution is -3.14. The largest absolute Gasteiger partial charge is 0.459 e. The average molecular weight is 475 g/mol. The molecule has 8 fully saturated rings. The molecule has 0 radical (unpaired) electrons. The minimum absolute atomic E-state index is 0.0333. The van der Waals surface area contributed by atoms with Crippen molar-refractivity contribution in [1.82, 2.24) is 0 Å². The van der Waals surface area contributed by atoms with Crippen molar-refractivity contribution in [2.24, 2.45) is 46.8 Å². The molecule has 2 saturated heterocycles. The molecule has 6 bridgehead atoms. The Kier molecular flexibility index (Phi) is 5.03. The smallest absolute Gasteiger partial charge is 0.312 e. The predicted molar refractivity (Wildman–Crippen MR) is 116 cm³/mol. The Balaban J connectivity index is 1.04. The highest BCUT2D eigenvalue weighted by Crippen LogP contribution is 2.62. The van der Waals surface area contributed by atoms with Crippen LogP contribution in [-0.2, 0) is 33.3 Å². The van der Waals surface area contributed by atoms with Gasteiger partial charge in [-0.3, -0.25) is 14.4 Å². The summed E-state index contributed by atoms with van der Waals surface area (Å²) in [5.74, 6) is 0.0487. The monoisotopic (exact) mass is 474 g/mol. The Morgan fingerprint density at radius 1 is 0.971 bits per heavy atom. The summed E-state index contributed by atoms with van der Waals surface area (Å²) in [6.45, 7) is 4.40. The number of carbonyl (C=O) groups is 3. The van der Waals surface area contributed by atoms with Crippen LogP contribution >= 0.6 is 0 Å². The fourth-order valence-corrected chi connectivity index (χ4v) is 9.38. The maximum atomic E-state index is 13.6. The highest BCUT2D eigenvalue weighted by Gasteiger charge is 2.70. The molecule has 8 rings (SSSR count). The Bertz CT molecular complexity index is 847. The van der Waals surface area contributed by atoms with E-state index in [4.69, 9.17) is 18.9 Å². The second-order valence-corrected chi connectivity index (χ2v) is 12.4. The number of fused-ring (bicyclic) bond motifs is 1. The van der Waals surface area contributed by atoms with Crippen molar-refractivity contribution in [2.45, 2.75) is 57.2 Å². The standard InChI is InChI=1S/C26H35NO7/c28-23(32-6-3-27-1-4-31-5-2-27)19-17-10-18-20(19)24(29)33-21(18)22(17)34-25(30)26-11-14-7-15(12-26)9-16(8-14)13-26/h14-22H,1-13H2/p+1. The summed E-state index contributed by atoms with van der Waals surface area (Å²) >= 11 is 0. The highest BCUT2D eigenvalue weighted by molar-refractivity contribution is 5.86. The third kappa shape index (κ3) is 3.27. The first kappa shape index (κ1) is 21.6. The van der Waals surface area contributed by atoms with E-state index in [9.17, 15) is 14.4 Å². The SMILES string of the molecule is O=C1OC2C3CC(C2OC(=O)C24CC5CC(CC(C5)C2)C4)C(C(=O)OCC[NH+]2CCOCC2)C13. The normalized spacial score (nSPS) is 48.2. The first-order chi connectivity index (χ1) is 16.5. The van der Waals surface area contributed by atoms with Crippen molar-refractivity contribution in [3.05, 3.63) is 0 Å². The lowest BCUT2D eigenvalue weighted by Gasteiger charge is -2.55.